The minimum absolute atomic E-state index is 0.00915. The number of aryl methyl sites for hydroxylation is 2. The lowest BCUT2D eigenvalue weighted by atomic mass is 10.1. The van der Waals surface area contributed by atoms with Crippen LogP contribution in [-0.2, 0) is 4.79 Å². The molecule has 1 aromatic carbocycles. The van der Waals surface area contributed by atoms with Crippen molar-refractivity contribution in [2.24, 2.45) is 0 Å². The van der Waals surface area contributed by atoms with Crippen LogP contribution in [0.2, 0.25) is 0 Å². The van der Waals surface area contributed by atoms with Crippen molar-refractivity contribution in [2.75, 3.05) is 12.0 Å². The number of para-hydroxylation sites is 1. The molecule has 1 aromatic heterocycles. The summed E-state index contributed by atoms with van der Waals surface area (Å²) in [5, 5.41) is 9.00. The van der Waals surface area contributed by atoms with Gasteiger partial charge in [-0.3, -0.25) is 15.0 Å². The number of carbonyl (C=O) groups excluding carboxylic acids is 1. The lowest BCUT2D eigenvalue weighted by Crippen LogP contribution is -2.38. The van der Waals surface area contributed by atoms with Gasteiger partial charge in [0, 0.05) is 5.69 Å². The fourth-order valence-electron chi connectivity index (χ4n) is 1.99. The number of amides is 1. The largest absolute Gasteiger partial charge is 0.484 e. The molecule has 0 aliphatic heterocycles. The summed E-state index contributed by atoms with van der Waals surface area (Å²) in [4.78, 5) is 24.0. The van der Waals surface area contributed by atoms with Crippen LogP contribution in [0.4, 0.5) is 0 Å². The summed E-state index contributed by atoms with van der Waals surface area (Å²) in [6.07, 6.45) is 0. The number of nitrogens with one attached hydrogen (secondary N) is 1. The van der Waals surface area contributed by atoms with Crippen LogP contribution < -0.4 is 15.7 Å². The van der Waals surface area contributed by atoms with Gasteiger partial charge in [0.15, 0.2) is 6.61 Å². The Labute approximate surface area is 127 Å². The lowest BCUT2D eigenvalue weighted by molar-refractivity contribution is -0.119. The molecule has 1 N–H and O–H groups in total. The van der Waals surface area contributed by atoms with E-state index in [4.69, 9.17) is 10.00 Å². The van der Waals surface area contributed by atoms with E-state index >= 15 is 0 Å². The SMILES string of the molecule is Cc1cc(C)n(NC(=O)COc2ccccc2)c(=O)c1C#N. The Morgan fingerprint density at radius 1 is 1.32 bits per heavy atom. The van der Waals surface area contributed by atoms with Crippen LogP contribution in [0, 0.1) is 25.2 Å². The van der Waals surface area contributed by atoms with Crippen molar-refractivity contribution >= 4 is 5.91 Å². The van der Waals surface area contributed by atoms with Crippen molar-refractivity contribution in [1.82, 2.24) is 4.68 Å². The molecule has 112 valence electrons. The highest BCUT2D eigenvalue weighted by atomic mass is 16.5. The molecule has 0 fully saturated rings. The molecule has 0 unspecified atom stereocenters. The Hall–Kier alpha value is -3.07. The first-order valence-corrected chi connectivity index (χ1v) is 6.64. The van der Waals surface area contributed by atoms with Crippen LogP contribution >= 0.6 is 0 Å². The summed E-state index contributed by atoms with van der Waals surface area (Å²) in [6.45, 7) is 3.12. The molecule has 0 radical (unpaired) electrons. The van der Waals surface area contributed by atoms with Crippen molar-refractivity contribution in [1.29, 1.82) is 5.26 Å². The van der Waals surface area contributed by atoms with Crippen molar-refractivity contribution in [2.45, 2.75) is 13.8 Å². The second kappa shape index (κ2) is 6.59. The first-order chi connectivity index (χ1) is 10.5. The summed E-state index contributed by atoms with van der Waals surface area (Å²) in [5.74, 6) is 0.0742. The molecule has 0 spiro atoms. The number of carbonyl (C=O) groups is 1. The van der Waals surface area contributed by atoms with Gasteiger partial charge in [-0.2, -0.15) is 5.26 Å². The Balaban J connectivity index is 2.13. The molecule has 0 saturated carbocycles. The fourth-order valence-corrected chi connectivity index (χ4v) is 1.99. The van der Waals surface area contributed by atoms with Gasteiger partial charge in [-0.1, -0.05) is 18.2 Å². The first-order valence-electron chi connectivity index (χ1n) is 6.64. The van der Waals surface area contributed by atoms with E-state index in [1.807, 2.05) is 12.1 Å². The number of aromatic nitrogens is 1. The first kappa shape index (κ1) is 15.3. The number of hydrogen-bond acceptors (Lipinski definition) is 4. The number of hydrogen-bond donors (Lipinski definition) is 1. The maximum absolute atomic E-state index is 12.1. The number of pyridine rings is 1. The molecule has 0 aliphatic rings. The van der Waals surface area contributed by atoms with Gasteiger partial charge in [0.2, 0.25) is 0 Å². The third-order valence-corrected chi connectivity index (χ3v) is 3.05. The molecule has 22 heavy (non-hydrogen) atoms. The highest BCUT2D eigenvalue weighted by molar-refractivity contribution is 5.85. The van der Waals surface area contributed by atoms with Crippen LogP contribution in [0.3, 0.4) is 0 Å². The standard InChI is InChI=1S/C16H15N3O3/c1-11-8-12(2)19(16(21)14(11)9-17)18-15(20)10-22-13-6-4-3-5-7-13/h3-8H,10H2,1-2H3,(H,18,20). The molecule has 1 heterocycles. The van der Waals surface area contributed by atoms with E-state index in [1.165, 1.54) is 0 Å². The van der Waals surface area contributed by atoms with Crippen LogP contribution in [0.1, 0.15) is 16.8 Å². The van der Waals surface area contributed by atoms with Crippen LogP contribution in [0.15, 0.2) is 41.2 Å². The smallest absolute Gasteiger partial charge is 0.287 e. The van der Waals surface area contributed by atoms with Gasteiger partial charge in [0.05, 0.1) is 0 Å². The van der Waals surface area contributed by atoms with E-state index in [9.17, 15) is 9.59 Å². The van der Waals surface area contributed by atoms with Gasteiger partial charge >= 0.3 is 0 Å². The van der Waals surface area contributed by atoms with E-state index in [2.05, 4.69) is 5.43 Å². The van der Waals surface area contributed by atoms with Crippen molar-refractivity contribution < 1.29 is 9.53 Å². The second-order valence-electron chi connectivity index (χ2n) is 4.73. The predicted molar refractivity (Wildman–Crippen MR) is 81.2 cm³/mol. The molecule has 6 nitrogen and oxygen atoms in total. The van der Waals surface area contributed by atoms with E-state index in [1.54, 1.807) is 44.2 Å². The van der Waals surface area contributed by atoms with Crippen molar-refractivity contribution in [3.63, 3.8) is 0 Å². The molecule has 6 heteroatoms. The molecule has 2 rings (SSSR count). The van der Waals surface area contributed by atoms with E-state index in [-0.39, 0.29) is 12.2 Å². The van der Waals surface area contributed by atoms with E-state index in [0.717, 1.165) is 4.68 Å². The predicted octanol–water partition coefficient (Wildman–Crippen LogP) is 1.49. The zero-order valence-electron chi connectivity index (χ0n) is 12.3. The average Bonchev–Trinajstić information content (AvgIpc) is 2.51. The Kier molecular flexibility index (Phi) is 4.59. The quantitative estimate of drug-likeness (QED) is 0.926. The monoisotopic (exact) mass is 297 g/mol. The van der Waals surface area contributed by atoms with Crippen LogP contribution in [0.25, 0.3) is 0 Å². The molecule has 1 amide bonds. The van der Waals surface area contributed by atoms with Gasteiger partial charge in [0.1, 0.15) is 17.4 Å². The van der Waals surface area contributed by atoms with Gasteiger partial charge in [-0.05, 0) is 37.6 Å². The topological polar surface area (TPSA) is 84.1 Å². The molecular weight excluding hydrogens is 282 g/mol. The summed E-state index contributed by atoms with van der Waals surface area (Å²) < 4.78 is 6.37. The Bertz CT molecular complexity index is 789. The van der Waals surface area contributed by atoms with E-state index < -0.39 is 11.5 Å². The number of benzene rings is 1. The third-order valence-electron chi connectivity index (χ3n) is 3.05. The Morgan fingerprint density at radius 2 is 2.00 bits per heavy atom. The molecule has 0 atom stereocenters. The molecule has 0 saturated heterocycles. The summed E-state index contributed by atoms with van der Waals surface area (Å²) >= 11 is 0. The number of rotatable bonds is 4. The summed E-state index contributed by atoms with van der Waals surface area (Å²) in [6, 6.07) is 12.4. The minimum atomic E-state index is -0.548. The number of nitrogens with zero attached hydrogens (tertiary/aromatic N) is 2. The molecule has 0 aliphatic carbocycles. The van der Waals surface area contributed by atoms with Gasteiger partial charge in [0.25, 0.3) is 11.5 Å². The molecular formula is C16H15N3O3. The molecule has 2 aromatic rings. The zero-order valence-corrected chi connectivity index (χ0v) is 12.3. The lowest BCUT2D eigenvalue weighted by Gasteiger charge is -2.13. The molecule has 0 bridgehead atoms. The Morgan fingerprint density at radius 3 is 2.64 bits per heavy atom. The van der Waals surface area contributed by atoms with Gasteiger partial charge in [-0.25, -0.2) is 4.68 Å². The minimum Gasteiger partial charge on any atom is -0.484 e. The highest BCUT2D eigenvalue weighted by Gasteiger charge is 2.12. The zero-order chi connectivity index (χ0) is 16.1. The maximum Gasteiger partial charge on any atom is 0.287 e. The van der Waals surface area contributed by atoms with Crippen LogP contribution in [0.5, 0.6) is 5.75 Å². The van der Waals surface area contributed by atoms with Crippen molar-refractivity contribution in [3.05, 3.63) is 63.6 Å². The van der Waals surface area contributed by atoms with Crippen molar-refractivity contribution in [3.8, 4) is 11.8 Å². The number of nitriles is 1. The average molecular weight is 297 g/mol. The highest BCUT2D eigenvalue weighted by Crippen LogP contribution is 2.08. The second-order valence-corrected chi connectivity index (χ2v) is 4.73. The normalized spacial score (nSPS) is 9.86. The van der Waals surface area contributed by atoms with Gasteiger partial charge in [-0.15, -0.1) is 0 Å². The van der Waals surface area contributed by atoms with Crippen LogP contribution in [-0.4, -0.2) is 17.2 Å². The van der Waals surface area contributed by atoms with Gasteiger partial charge < -0.3 is 4.74 Å². The number of ether oxygens (including phenoxy) is 1. The maximum atomic E-state index is 12.1. The fraction of sp³-hybridized carbons (Fsp3) is 0.188. The third kappa shape index (κ3) is 3.33. The summed E-state index contributed by atoms with van der Waals surface area (Å²) in [7, 11) is 0. The summed E-state index contributed by atoms with van der Waals surface area (Å²) in [5.41, 5.74) is 3.02. The van der Waals surface area contributed by atoms with E-state index in [0.29, 0.717) is 17.0 Å².